The third-order valence-corrected chi connectivity index (χ3v) is 1.89. The number of ether oxygens (including phenoxy) is 1. The minimum atomic E-state index is -0.475. The maximum absolute atomic E-state index is 11.3. The Morgan fingerprint density at radius 1 is 1.57 bits per heavy atom. The summed E-state index contributed by atoms with van der Waals surface area (Å²) in [5.74, 6) is -0.475. The number of hydrogen-bond donors (Lipinski definition) is 0. The van der Waals surface area contributed by atoms with Gasteiger partial charge >= 0.3 is 5.97 Å². The van der Waals surface area contributed by atoms with E-state index in [0.29, 0.717) is 11.3 Å². The van der Waals surface area contributed by atoms with Crippen LogP contribution >= 0.6 is 11.6 Å². The van der Waals surface area contributed by atoms with Crippen molar-refractivity contribution >= 4 is 23.2 Å². The van der Waals surface area contributed by atoms with E-state index < -0.39 is 5.97 Å². The summed E-state index contributed by atoms with van der Waals surface area (Å²) in [7, 11) is 1.31. The molecule has 0 unspecified atom stereocenters. The quantitative estimate of drug-likeness (QED) is 0.665. The standard InChI is InChI=1S/C8H6ClN3O2/c1-14-7(13)5-3-2-4-6-10-8(9)11-12(5)6/h2-4H,1H3. The molecule has 5 nitrogen and oxygen atoms in total. The van der Waals surface area contributed by atoms with Crippen molar-refractivity contribution in [2.24, 2.45) is 0 Å². The molecule has 2 aromatic heterocycles. The van der Waals surface area contributed by atoms with Crippen LogP contribution in [0.15, 0.2) is 18.2 Å². The highest BCUT2D eigenvalue weighted by Crippen LogP contribution is 2.09. The third-order valence-electron chi connectivity index (χ3n) is 1.73. The summed E-state index contributed by atoms with van der Waals surface area (Å²) in [5.41, 5.74) is 0.808. The molecule has 0 bridgehead atoms. The van der Waals surface area contributed by atoms with Gasteiger partial charge in [0, 0.05) is 0 Å². The number of aromatic nitrogens is 3. The number of hydrogen-bond acceptors (Lipinski definition) is 4. The normalized spacial score (nSPS) is 10.4. The Balaban J connectivity index is 2.70. The van der Waals surface area contributed by atoms with E-state index in [2.05, 4.69) is 14.8 Å². The van der Waals surface area contributed by atoms with Crippen molar-refractivity contribution in [3.63, 3.8) is 0 Å². The van der Waals surface area contributed by atoms with Crippen molar-refractivity contribution in [3.05, 3.63) is 29.2 Å². The number of fused-ring (bicyclic) bond motifs is 1. The average molecular weight is 212 g/mol. The summed E-state index contributed by atoms with van der Waals surface area (Å²) in [6.45, 7) is 0. The Bertz CT molecular complexity index is 494. The van der Waals surface area contributed by atoms with Gasteiger partial charge in [0.2, 0.25) is 5.28 Å². The number of esters is 1. The van der Waals surface area contributed by atoms with Crippen molar-refractivity contribution in [1.82, 2.24) is 14.6 Å². The summed E-state index contributed by atoms with van der Waals surface area (Å²) in [6, 6.07) is 4.97. The Morgan fingerprint density at radius 3 is 3.07 bits per heavy atom. The lowest BCUT2D eigenvalue weighted by atomic mass is 10.3. The number of carbonyl (C=O) groups excluding carboxylic acids is 1. The van der Waals surface area contributed by atoms with Crippen LogP contribution in [0.4, 0.5) is 0 Å². The van der Waals surface area contributed by atoms with Crippen LogP contribution in [0.1, 0.15) is 10.5 Å². The molecular formula is C8H6ClN3O2. The highest BCUT2D eigenvalue weighted by atomic mass is 35.5. The van der Waals surface area contributed by atoms with Crippen molar-refractivity contribution < 1.29 is 9.53 Å². The fraction of sp³-hybridized carbons (Fsp3) is 0.125. The molecular weight excluding hydrogens is 206 g/mol. The number of carbonyl (C=O) groups is 1. The second-order valence-corrected chi connectivity index (χ2v) is 2.89. The van der Waals surface area contributed by atoms with Crippen LogP contribution in [-0.4, -0.2) is 27.7 Å². The van der Waals surface area contributed by atoms with Gasteiger partial charge in [-0.3, -0.25) is 0 Å². The van der Waals surface area contributed by atoms with E-state index >= 15 is 0 Å². The van der Waals surface area contributed by atoms with E-state index in [0.717, 1.165) is 0 Å². The molecule has 0 saturated carbocycles. The molecule has 0 aliphatic heterocycles. The van der Waals surface area contributed by atoms with Gasteiger partial charge in [-0.25, -0.2) is 9.31 Å². The second-order valence-electron chi connectivity index (χ2n) is 2.55. The summed E-state index contributed by atoms with van der Waals surface area (Å²) in [6.07, 6.45) is 0. The minimum Gasteiger partial charge on any atom is -0.464 e. The predicted molar refractivity (Wildman–Crippen MR) is 49.3 cm³/mol. The Hall–Kier alpha value is -1.62. The molecule has 2 aromatic rings. The van der Waals surface area contributed by atoms with E-state index in [1.807, 2.05) is 0 Å². The average Bonchev–Trinajstić information content (AvgIpc) is 2.56. The topological polar surface area (TPSA) is 56.5 Å². The predicted octanol–water partition coefficient (Wildman–Crippen LogP) is 1.17. The zero-order chi connectivity index (χ0) is 10.1. The van der Waals surface area contributed by atoms with Gasteiger partial charge in [-0.2, -0.15) is 4.98 Å². The molecule has 0 atom stereocenters. The Morgan fingerprint density at radius 2 is 2.36 bits per heavy atom. The first-order valence-electron chi connectivity index (χ1n) is 3.82. The van der Waals surface area contributed by atoms with Gasteiger partial charge < -0.3 is 4.74 Å². The highest BCUT2D eigenvalue weighted by Gasteiger charge is 2.12. The number of pyridine rings is 1. The molecule has 72 valence electrons. The molecule has 0 fully saturated rings. The molecule has 2 rings (SSSR count). The van der Waals surface area contributed by atoms with Gasteiger partial charge in [-0.1, -0.05) is 6.07 Å². The van der Waals surface area contributed by atoms with Gasteiger partial charge in [0.1, 0.15) is 0 Å². The third kappa shape index (κ3) is 1.31. The van der Waals surface area contributed by atoms with Crippen LogP contribution in [0.2, 0.25) is 5.28 Å². The molecule has 0 spiro atoms. The van der Waals surface area contributed by atoms with Gasteiger partial charge in [0.15, 0.2) is 11.3 Å². The number of rotatable bonds is 1. The van der Waals surface area contributed by atoms with Crippen LogP contribution in [0.3, 0.4) is 0 Å². The van der Waals surface area contributed by atoms with Gasteiger partial charge in [-0.05, 0) is 23.7 Å². The van der Waals surface area contributed by atoms with Crippen LogP contribution in [0.5, 0.6) is 0 Å². The van der Waals surface area contributed by atoms with E-state index in [1.165, 1.54) is 11.6 Å². The zero-order valence-corrected chi connectivity index (χ0v) is 8.02. The van der Waals surface area contributed by atoms with Crippen molar-refractivity contribution in [2.75, 3.05) is 7.11 Å². The van der Waals surface area contributed by atoms with Crippen molar-refractivity contribution in [2.45, 2.75) is 0 Å². The molecule has 14 heavy (non-hydrogen) atoms. The van der Waals surface area contributed by atoms with Crippen molar-refractivity contribution in [3.8, 4) is 0 Å². The smallest absolute Gasteiger partial charge is 0.356 e. The summed E-state index contributed by atoms with van der Waals surface area (Å²) >= 11 is 5.61. The second kappa shape index (κ2) is 3.26. The lowest BCUT2D eigenvalue weighted by molar-refractivity contribution is 0.0591. The highest BCUT2D eigenvalue weighted by molar-refractivity contribution is 6.28. The van der Waals surface area contributed by atoms with E-state index in [-0.39, 0.29) is 5.28 Å². The van der Waals surface area contributed by atoms with Crippen LogP contribution in [0, 0.1) is 0 Å². The van der Waals surface area contributed by atoms with E-state index in [1.54, 1.807) is 18.2 Å². The molecule has 0 radical (unpaired) electrons. The lowest BCUT2D eigenvalue weighted by Crippen LogP contribution is -2.08. The molecule has 0 N–H and O–H groups in total. The first kappa shape index (κ1) is 8.96. The molecule has 2 heterocycles. The minimum absolute atomic E-state index is 0.0985. The Labute approximate surface area is 84.3 Å². The van der Waals surface area contributed by atoms with Gasteiger partial charge in [0.05, 0.1) is 7.11 Å². The number of nitrogens with zero attached hydrogens (tertiary/aromatic N) is 3. The SMILES string of the molecule is COC(=O)c1cccc2nc(Cl)nn12. The maximum atomic E-state index is 11.3. The van der Waals surface area contributed by atoms with Gasteiger partial charge in [0.25, 0.3) is 0 Å². The molecule has 0 aromatic carbocycles. The summed E-state index contributed by atoms with van der Waals surface area (Å²) in [4.78, 5) is 15.2. The molecule has 0 saturated heterocycles. The first-order chi connectivity index (χ1) is 6.72. The molecule has 0 aliphatic carbocycles. The summed E-state index contributed by atoms with van der Waals surface area (Å²) < 4.78 is 5.92. The molecule has 0 amide bonds. The van der Waals surface area contributed by atoms with Crippen LogP contribution in [0.25, 0.3) is 5.65 Å². The Kier molecular flexibility index (Phi) is 2.09. The fourth-order valence-electron chi connectivity index (χ4n) is 1.14. The summed E-state index contributed by atoms with van der Waals surface area (Å²) in [5, 5.41) is 3.95. The molecule has 6 heteroatoms. The fourth-order valence-corrected chi connectivity index (χ4v) is 1.30. The van der Waals surface area contributed by atoms with Crippen molar-refractivity contribution in [1.29, 1.82) is 0 Å². The largest absolute Gasteiger partial charge is 0.464 e. The number of methoxy groups -OCH3 is 1. The first-order valence-corrected chi connectivity index (χ1v) is 4.20. The lowest BCUT2D eigenvalue weighted by Gasteiger charge is -2.00. The van der Waals surface area contributed by atoms with Crippen LogP contribution in [-0.2, 0) is 4.74 Å². The monoisotopic (exact) mass is 211 g/mol. The van der Waals surface area contributed by atoms with Crippen LogP contribution < -0.4 is 0 Å². The van der Waals surface area contributed by atoms with E-state index in [4.69, 9.17) is 11.6 Å². The van der Waals surface area contributed by atoms with E-state index in [9.17, 15) is 4.79 Å². The number of halogens is 1. The van der Waals surface area contributed by atoms with Gasteiger partial charge in [-0.15, -0.1) is 5.10 Å². The zero-order valence-electron chi connectivity index (χ0n) is 7.27. The maximum Gasteiger partial charge on any atom is 0.356 e. The molecule has 0 aliphatic rings.